The normalized spacial score (nSPS) is 14.6. The summed E-state index contributed by atoms with van der Waals surface area (Å²) in [6.45, 7) is 15.1. The third-order valence-electron chi connectivity index (χ3n) is 3.24. The zero-order valence-electron chi connectivity index (χ0n) is 14.6. The molecule has 1 unspecified atom stereocenters. The van der Waals surface area contributed by atoms with Gasteiger partial charge in [-0.25, -0.2) is 0 Å². The minimum Gasteiger partial charge on any atom is -0.389 e. The van der Waals surface area contributed by atoms with Crippen LogP contribution < -0.4 is 5.32 Å². The number of unbranched alkanes of at least 4 members (excludes halogenated alkanes) is 3. The smallest absolute Gasteiger partial charge is 0.0897 e. The molecule has 0 aliphatic heterocycles. The lowest BCUT2D eigenvalue weighted by molar-refractivity contribution is 0.0307. The fourth-order valence-corrected chi connectivity index (χ4v) is 2.69. The second-order valence-electron chi connectivity index (χ2n) is 7.79. The summed E-state index contributed by atoms with van der Waals surface area (Å²) in [6, 6.07) is 0. The largest absolute Gasteiger partial charge is 0.389 e. The zero-order chi connectivity index (χ0) is 15.6. The first-order valence-corrected chi connectivity index (χ1v) is 8.17. The molecule has 0 aliphatic carbocycles. The van der Waals surface area contributed by atoms with E-state index in [1.165, 1.54) is 19.3 Å². The van der Waals surface area contributed by atoms with E-state index in [1.807, 2.05) is 0 Å². The van der Waals surface area contributed by atoms with E-state index in [4.69, 9.17) is 4.74 Å². The summed E-state index contributed by atoms with van der Waals surface area (Å²) in [4.78, 5) is 0. The Balaban J connectivity index is 3.68. The van der Waals surface area contributed by atoms with Gasteiger partial charge in [0.1, 0.15) is 0 Å². The number of aliphatic hydroxyl groups is 1. The van der Waals surface area contributed by atoms with Crippen molar-refractivity contribution in [3.8, 4) is 0 Å². The molecule has 0 bridgehead atoms. The topological polar surface area (TPSA) is 41.5 Å². The van der Waals surface area contributed by atoms with Crippen molar-refractivity contribution in [2.45, 2.75) is 85.3 Å². The van der Waals surface area contributed by atoms with Crippen molar-refractivity contribution in [3.05, 3.63) is 0 Å². The van der Waals surface area contributed by atoms with Gasteiger partial charge in [-0.05, 0) is 32.1 Å². The van der Waals surface area contributed by atoms with Crippen LogP contribution in [0, 0.1) is 5.41 Å². The average Bonchev–Trinajstić information content (AvgIpc) is 2.28. The van der Waals surface area contributed by atoms with Gasteiger partial charge in [0.05, 0.1) is 12.7 Å². The van der Waals surface area contributed by atoms with Crippen molar-refractivity contribution in [2.24, 2.45) is 5.41 Å². The Labute approximate surface area is 126 Å². The predicted molar refractivity (Wildman–Crippen MR) is 87.1 cm³/mol. The first-order chi connectivity index (χ1) is 9.16. The van der Waals surface area contributed by atoms with Crippen LogP contribution >= 0.6 is 0 Å². The molecule has 0 spiro atoms. The van der Waals surface area contributed by atoms with Gasteiger partial charge in [0.15, 0.2) is 0 Å². The van der Waals surface area contributed by atoms with Gasteiger partial charge in [0.25, 0.3) is 0 Å². The van der Waals surface area contributed by atoms with Crippen LogP contribution in [0.4, 0.5) is 0 Å². The standard InChI is InChI=1S/C17H37NO2/c1-7-8-9-10-11-20-13-15(19)12-18-17(5,6)14-16(2,3)4/h15,18-19H,7-14H2,1-6H3. The Bertz CT molecular complexity index is 234. The summed E-state index contributed by atoms with van der Waals surface area (Å²) in [7, 11) is 0. The highest BCUT2D eigenvalue weighted by Gasteiger charge is 2.25. The second-order valence-corrected chi connectivity index (χ2v) is 7.79. The first kappa shape index (κ1) is 19.9. The SMILES string of the molecule is CCCCCCOCC(O)CNC(C)(C)CC(C)(C)C. The van der Waals surface area contributed by atoms with E-state index < -0.39 is 6.10 Å². The van der Waals surface area contributed by atoms with Gasteiger partial charge < -0.3 is 15.2 Å². The van der Waals surface area contributed by atoms with Gasteiger partial charge in [-0.2, -0.15) is 0 Å². The Morgan fingerprint density at radius 2 is 1.70 bits per heavy atom. The number of ether oxygens (including phenoxy) is 1. The molecule has 0 aromatic heterocycles. The molecular weight excluding hydrogens is 250 g/mol. The van der Waals surface area contributed by atoms with Gasteiger partial charge >= 0.3 is 0 Å². The molecule has 122 valence electrons. The maximum atomic E-state index is 9.93. The van der Waals surface area contributed by atoms with E-state index in [2.05, 4.69) is 46.9 Å². The van der Waals surface area contributed by atoms with Crippen LogP contribution in [-0.2, 0) is 4.74 Å². The molecule has 3 heteroatoms. The molecule has 3 nitrogen and oxygen atoms in total. The molecule has 0 saturated heterocycles. The molecule has 20 heavy (non-hydrogen) atoms. The fourth-order valence-electron chi connectivity index (χ4n) is 2.69. The molecule has 0 aromatic rings. The molecule has 2 N–H and O–H groups in total. The number of hydrogen-bond acceptors (Lipinski definition) is 3. The number of nitrogens with one attached hydrogen (secondary N) is 1. The molecule has 0 amide bonds. The van der Waals surface area contributed by atoms with Gasteiger partial charge in [-0.3, -0.25) is 0 Å². The molecule has 0 aliphatic rings. The van der Waals surface area contributed by atoms with Crippen molar-refractivity contribution < 1.29 is 9.84 Å². The maximum Gasteiger partial charge on any atom is 0.0897 e. The molecule has 0 heterocycles. The lowest BCUT2D eigenvalue weighted by Crippen LogP contribution is -2.46. The van der Waals surface area contributed by atoms with Crippen LogP contribution in [0.25, 0.3) is 0 Å². The molecule has 0 aromatic carbocycles. The number of hydrogen-bond donors (Lipinski definition) is 2. The van der Waals surface area contributed by atoms with Crippen molar-refractivity contribution in [3.63, 3.8) is 0 Å². The zero-order valence-corrected chi connectivity index (χ0v) is 14.6. The lowest BCUT2D eigenvalue weighted by atomic mass is 9.82. The molecule has 0 radical (unpaired) electrons. The maximum absolute atomic E-state index is 9.93. The highest BCUT2D eigenvalue weighted by Crippen LogP contribution is 2.26. The van der Waals surface area contributed by atoms with Gasteiger partial charge in [-0.1, -0.05) is 47.0 Å². The van der Waals surface area contributed by atoms with E-state index >= 15 is 0 Å². The van der Waals surface area contributed by atoms with E-state index in [0.29, 0.717) is 13.2 Å². The summed E-state index contributed by atoms with van der Waals surface area (Å²) < 4.78 is 5.52. The monoisotopic (exact) mass is 287 g/mol. The summed E-state index contributed by atoms with van der Waals surface area (Å²) in [5.41, 5.74) is 0.331. The first-order valence-electron chi connectivity index (χ1n) is 8.17. The molecular formula is C17H37NO2. The molecule has 0 fully saturated rings. The van der Waals surface area contributed by atoms with Crippen LogP contribution in [0.3, 0.4) is 0 Å². The Hall–Kier alpha value is -0.120. The fraction of sp³-hybridized carbons (Fsp3) is 1.00. The van der Waals surface area contributed by atoms with E-state index in [-0.39, 0.29) is 11.0 Å². The average molecular weight is 287 g/mol. The predicted octanol–water partition coefficient (Wildman–Crippen LogP) is 3.75. The number of rotatable bonds is 11. The quantitative estimate of drug-likeness (QED) is 0.569. The lowest BCUT2D eigenvalue weighted by Gasteiger charge is -2.34. The third-order valence-corrected chi connectivity index (χ3v) is 3.24. The van der Waals surface area contributed by atoms with Crippen LogP contribution in [0.2, 0.25) is 0 Å². The Kier molecular flexibility index (Phi) is 9.69. The van der Waals surface area contributed by atoms with Crippen LogP contribution in [0.5, 0.6) is 0 Å². The summed E-state index contributed by atoms with van der Waals surface area (Å²) in [5.74, 6) is 0. The minimum atomic E-state index is -0.416. The third kappa shape index (κ3) is 12.9. The highest BCUT2D eigenvalue weighted by molar-refractivity contribution is 4.84. The van der Waals surface area contributed by atoms with Crippen LogP contribution in [-0.4, -0.2) is 36.5 Å². The second kappa shape index (κ2) is 9.75. The van der Waals surface area contributed by atoms with E-state index in [9.17, 15) is 5.11 Å². The minimum absolute atomic E-state index is 0.0420. The number of aliphatic hydroxyl groups excluding tert-OH is 1. The summed E-state index contributed by atoms with van der Waals surface area (Å²) >= 11 is 0. The highest BCUT2D eigenvalue weighted by atomic mass is 16.5. The van der Waals surface area contributed by atoms with Gasteiger partial charge in [-0.15, -0.1) is 0 Å². The van der Waals surface area contributed by atoms with Crippen molar-refractivity contribution >= 4 is 0 Å². The number of β-amino-alcohol motifs (C(OH)–C–C–N with tert-alkyl or cyclic N) is 1. The molecule has 1 atom stereocenters. The van der Waals surface area contributed by atoms with Crippen molar-refractivity contribution in [2.75, 3.05) is 19.8 Å². The van der Waals surface area contributed by atoms with Crippen molar-refractivity contribution in [1.82, 2.24) is 5.32 Å². The van der Waals surface area contributed by atoms with Crippen molar-refractivity contribution in [1.29, 1.82) is 0 Å². The van der Waals surface area contributed by atoms with Gasteiger partial charge in [0.2, 0.25) is 0 Å². The van der Waals surface area contributed by atoms with Gasteiger partial charge in [0, 0.05) is 18.7 Å². The van der Waals surface area contributed by atoms with Crippen LogP contribution in [0.1, 0.15) is 73.6 Å². The molecule has 0 rings (SSSR count). The Morgan fingerprint density at radius 1 is 1.05 bits per heavy atom. The summed E-state index contributed by atoms with van der Waals surface area (Å²) in [5, 5.41) is 13.4. The van der Waals surface area contributed by atoms with E-state index in [0.717, 1.165) is 19.4 Å². The summed E-state index contributed by atoms with van der Waals surface area (Å²) in [6.07, 6.45) is 5.50. The molecule has 0 saturated carbocycles. The van der Waals surface area contributed by atoms with Crippen LogP contribution in [0.15, 0.2) is 0 Å². The Morgan fingerprint density at radius 3 is 2.25 bits per heavy atom. The van der Waals surface area contributed by atoms with E-state index in [1.54, 1.807) is 0 Å².